The zero-order valence-corrected chi connectivity index (χ0v) is 20.4. The van der Waals surface area contributed by atoms with Crippen molar-refractivity contribution in [2.24, 2.45) is 0 Å². The van der Waals surface area contributed by atoms with E-state index in [0.717, 1.165) is 31.6 Å². The van der Waals surface area contributed by atoms with Gasteiger partial charge in [-0.05, 0) is 50.2 Å². The number of ether oxygens (including phenoxy) is 1. The van der Waals surface area contributed by atoms with Gasteiger partial charge in [-0.25, -0.2) is 14.4 Å². The second-order valence-corrected chi connectivity index (χ2v) is 8.47. The molecule has 0 bridgehead atoms. The Bertz CT molecular complexity index is 1410. The van der Waals surface area contributed by atoms with Crippen LogP contribution >= 0.6 is 0 Å². The third-order valence-corrected chi connectivity index (χ3v) is 6.10. The zero-order valence-electron chi connectivity index (χ0n) is 20.4. The van der Waals surface area contributed by atoms with Gasteiger partial charge in [-0.15, -0.1) is 0 Å². The van der Waals surface area contributed by atoms with Gasteiger partial charge in [0.15, 0.2) is 0 Å². The number of piperidine rings is 1. The van der Waals surface area contributed by atoms with E-state index >= 15 is 0 Å². The molecule has 0 spiro atoms. The van der Waals surface area contributed by atoms with Crippen LogP contribution in [0.4, 0.5) is 27.5 Å². The third-order valence-electron chi connectivity index (χ3n) is 6.10. The van der Waals surface area contributed by atoms with E-state index in [1.54, 1.807) is 13.2 Å². The Hall–Kier alpha value is -4.56. The van der Waals surface area contributed by atoms with Crippen LogP contribution in [-0.4, -0.2) is 51.6 Å². The highest BCUT2D eigenvalue weighted by atomic mass is 19.1. The number of rotatable bonds is 9. The average molecular weight is 503 g/mol. The van der Waals surface area contributed by atoms with Crippen LogP contribution in [0.15, 0.2) is 48.4 Å². The van der Waals surface area contributed by atoms with Crippen molar-refractivity contribution >= 4 is 35.0 Å². The number of likely N-dealkylation sites (tertiary alicyclic amines) is 1. The minimum absolute atomic E-state index is 0.0219. The summed E-state index contributed by atoms with van der Waals surface area (Å²) in [6.45, 7) is 9.05. The number of halogens is 1. The highest BCUT2D eigenvalue weighted by Gasteiger charge is 2.22. The second-order valence-electron chi connectivity index (χ2n) is 8.47. The molecule has 1 aliphatic heterocycles. The summed E-state index contributed by atoms with van der Waals surface area (Å²) in [5.41, 5.74) is 1.51. The van der Waals surface area contributed by atoms with Crippen LogP contribution in [0.5, 0.6) is 5.88 Å². The van der Waals surface area contributed by atoms with E-state index in [1.807, 2.05) is 12.1 Å². The molecular formula is C26H27FN8O2. The van der Waals surface area contributed by atoms with Gasteiger partial charge in [0.2, 0.25) is 11.8 Å². The van der Waals surface area contributed by atoms with Gasteiger partial charge in [-0.2, -0.15) is 10.2 Å². The van der Waals surface area contributed by atoms with Crippen LogP contribution in [0.3, 0.4) is 0 Å². The number of nitrogens with one attached hydrogen (secondary N) is 3. The summed E-state index contributed by atoms with van der Waals surface area (Å²) in [5.74, 6) is 0.550. The van der Waals surface area contributed by atoms with E-state index in [2.05, 4.69) is 49.7 Å². The molecule has 1 fully saturated rings. The van der Waals surface area contributed by atoms with E-state index in [4.69, 9.17) is 15.0 Å². The summed E-state index contributed by atoms with van der Waals surface area (Å²) in [4.78, 5) is 30.4. The SMILES string of the molecule is C=Cc1cc(Nc2ccnc(Nc3ccc(C4CCN(CC#N)CC4)nc3OC)n2)c(=O)[nH]c1C(=C)F. The molecule has 1 aliphatic rings. The highest BCUT2D eigenvalue weighted by molar-refractivity contribution is 5.70. The molecule has 0 aromatic carbocycles. The molecule has 0 amide bonds. The predicted octanol–water partition coefficient (Wildman–Crippen LogP) is 4.34. The fraction of sp³-hybridized carbons (Fsp3) is 0.269. The van der Waals surface area contributed by atoms with Crippen LogP contribution in [0.1, 0.15) is 35.7 Å². The normalized spacial score (nSPS) is 14.0. The molecule has 37 heavy (non-hydrogen) atoms. The van der Waals surface area contributed by atoms with E-state index in [0.29, 0.717) is 35.4 Å². The quantitative estimate of drug-likeness (QED) is 0.366. The molecule has 3 aromatic heterocycles. The summed E-state index contributed by atoms with van der Waals surface area (Å²) in [6.07, 6.45) is 4.80. The molecule has 0 radical (unpaired) electrons. The fourth-order valence-corrected chi connectivity index (χ4v) is 4.19. The number of nitrogens with zero attached hydrogens (tertiary/aromatic N) is 5. The van der Waals surface area contributed by atoms with Crippen molar-refractivity contribution in [2.75, 3.05) is 37.4 Å². The minimum Gasteiger partial charge on any atom is -0.480 e. The van der Waals surface area contributed by atoms with Crippen molar-refractivity contribution in [2.45, 2.75) is 18.8 Å². The first-order chi connectivity index (χ1) is 17.9. The maximum Gasteiger partial charge on any atom is 0.272 e. The lowest BCUT2D eigenvalue weighted by molar-refractivity contribution is 0.232. The summed E-state index contributed by atoms with van der Waals surface area (Å²) in [7, 11) is 1.55. The van der Waals surface area contributed by atoms with Gasteiger partial charge in [0.1, 0.15) is 23.0 Å². The van der Waals surface area contributed by atoms with Crippen LogP contribution < -0.4 is 20.9 Å². The number of H-pyrrole nitrogens is 1. The topological polar surface area (TPSA) is 132 Å². The zero-order chi connectivity index (χ0) is 26.4. The molecule has 0 atom stereocenters. The monoisotopic (exact) mass is 502 g/mol. The number of pyridine rings is 2. The van der Waals surface area contributed by atoms with Crippen molar-refractivity contribution in [1.82, 2.24) is 24.8 Å². The maximum absolute atomic E-state index is 13.6. The largest absolute Gasteiger partial charge is 0.480 e. The molecule has 0 unspecified atom stereocenters. The van der Waals surface area contributed by atoms with E-state index in [9.17, 15) is 9.18 Å². The molecule has 190 valence electrons. The molecule has 11 heteroatoms. The summed E-state index contributed by atoms with van der Waals surface area (Å²) >= 11 is 0. The lowest BCUT2D eigenvalue weighted by Gasteiger charge is -2.30. The van der Waals surface area contributed by atoms with Crippen LogP contribution in [0.25, 0.3) is 11.9 Å². The molecule has 4 rings (SSSR count). The number of aromatic amines is 1. The standard InChI is InChI=1S/C26H27FN8O2/c1-4-17-15-21(24(36)34-23(17)16(2)27)30-22-7-11-29-26(33-22)32-20-6-5-19(31-25(20)37-3)18-8-12-35(13-9-18)14-10-28/h4-7,11,15,18H,1-2,8-9,12-14H2,3H3,(H,34,36)(H2,29,30,32,33). The van der Waals surface area contributed by atoms with E-state index in [1.165, 1.54) is 18.3 Å². The van der Waals surface area contributed by atoms with E-state index < -0.39 is 11.4 Å². The van der Waals surface area contributed by atoms with Gasteiger partial charge in [-0.3, -0.25) is 9.69 Å². The Morgan fingerprint density at radius 1 is 1.30 bits per heavy atom. The molecule has 3 aromatic rings. The van der Waals surface area contributed by atoms with Gasteiger partial charge in [0.25, 0.3) is 5.56 Å². The molecule has 10 nitrogen and oxygen atoms in total. The predicted molar refractivity (Wildman–Crippen MR) is 141 cm³/mol. The number of aromatic nitrogens is 4. The third kappa shape index (κ3) is 5.99. The molecule has 4 heterocycles. The number of anilines is 4. The average Bonchev–Trinajstić information content (AvgIpc) is 2.90. The van der Waals surface area contributed by atoms with E-state index in [-0.39, 0.29) is 17.3 Å². The second kappa shape index (κ2) is 11.5. The van der Waals surface area contributed by atoms with Crippen LogP contribution in [0.2, 0.25) is 0 Å². The maximum atomic E-state index is 13.6. The smallest absolute Gasteiger partial charge is 0.272 e. The first kappa shape index (κ1) is 25.5. The van der Waals surface area contributed by atoms with Crippen LogP contribution in [0, 0.1) is 11.3 Å². The van der Waals surface area contributed by atoms with Gasteiger partial charge < -0.3 is 20.4 Å². The number of methoxy groups -OCH3 is 1. The lowest BCUT2D eigenvalue weighted by atomic mass is 9.93. The van der Waals surface area contributed by atoms with Gasteiger partial charge >= 0.3 is 0 Å². The number of hydrogen-bond donors (Lipinski definition) is 3. The summed E-state index contributed by atoms with van der Waals surface area (Å²) in [5, 5.41) is 14.9. The number of hydrogen-bond acceptors (Lipinski definition) is 9. The highest BCUT2D eigenvalue weighted by Crippen LogP contribution is 2.32. The first-order valence-electron chi connectivity index (χ1n) is 11.7. The Morgan fingerprint density at radius 2 is 2.08 bits per heavy atom. The summed E-state index contributed by atoms with van der Waals surface area (Å²) < 4.78 is 19.1. The Kier molecular flexibility index (Phi) is 7.90. The minimum atomic E-state index is -0.759. The molecular weight excluding hydrogens is 475 g/mol. The Morgan fingerprint density at radius 3 is 2.76 bits per heavy atom. The molecule has 1 saturated heterocycles. The van der Waals surface area contributed by atoms with Crippen molar-refractivity contribution in [3.05, 3.63) is 70.9 Å². The van der Waals surface area contributed by atoms with Gasteiger partial charge in [0.05, 0.1) is 25.4 Å². The van der Waals surface area contributed by atoms with Crippen molar-refractivity contribution in [3.8, 4) is 11.9 Å². The first-order valence-corrected chi connectivity index (χ1v) is 11.7. The van der Waals surface area contributed by atoms with Gasteiger partial charge in [-0.1, -0.05) is 19.2 Å². The lowest BCUT2D eigenvalue weighted by Crippen LogP contribution is -2.33. The van der Waals surface area contributed by atoms with Crippen LogP contribution in [-0.2, 0) is 0 Å². The van der Waals surface area contributed by atoms with Crippen molar-refractivity contribution < 1.29 is 9.13 Å². The number of nitriles is 1. The molecule has 3 N–H and O–H groups in total. The Balaban J connectivity index is 1.50. The summed E-state index contributed by atoms with van der Waals surface area (Å²) in [6, 6.07) is 9.09. The molecule has 0 saturated carbocycles. The van der Waals surface area contributed by atoms with Crippen molar-refractivity contribution in [3.63, 3.8) is 0 Å². The molecule has 0 aliphatic carbocycles. The van der Waals surface area contributed by atoms with Crippen molar-refractivity contribution in [1.29, 1.82) is 5.26 Å². The fourth-order valence-electron chi connectivity index (χ4n) is 4.19. The van der Waals surface area contributed by atoms with Gasteiger partial charge in [0, 0.05) is 23.4 Å². The Labute approximate surface area is 213 Å².